The van der Waals surface area contributed by atoms with Crippen LogP contribution < -0.4 is 0 Å². The van der Waals surface area contributed by atoms with Crippen molar-refractivity contribution in [2.45, 2.75) is 12.8 Å². The average molecular weight is 252 g/mol. The number of hydrogen-bond acceptors (Lipinski definition) is 4. The molecular weight excluding hydrogens is 236 g/mol. The quantitative estimate of drug-likeness (QED) is 0.804. The predicted molar refractivity (Wildman–Crippen MR) is 60.9 cm³/mol. The Balaban J connectivity index is 2.68. The fourth-order valence-electron chi connectivity index (χ4n) is 1.85. The summed E-state index contributed by atoms with van der Waals surface area (Å²) in [5, 5.41) is 9.02. The van der Waals surface area contributed by atoms with Crippen molar-refractivity contribution in [3.05, 3.63) is 0 Å². The topological polar surface area (TPSA) is 71.4 Å². The maximum absolute atomic E-state index is 11.1. The first kappa shape index (κ1) is 12.8. The lowest BCUT2D eigenvalue weighted by atomic mass is 9.89. The van der Waals surface area contributed by atoms with Crippen molar-refractivity contribution < 1.29 is 18.3 Å². The summed E-state index contributed by atoms with van der Waals surface area (Å²) in [6.07, 6.45) is 2.73. The van der Waals surface area contributed by atoms with E-state index in [1.165, 1.54) is 0 Å². The highest BCUT2D eigenvalue weighted by Gasteiger charge is 2.32. The second kappa shape index (κ2) is 5.21. The molecule has 0 aromatic carbocycles. The van der Waals surface area contributed by atoms with E-state index < -0.39 is 21.7 Å². The van der Waals surface area contributed by atoms with E-state index in [9.17, 15) is 13.2 Å². The molecule has 0 saturated carbocycles. The summed E-state index contributed by atoms with van der Waals surface area (Å²) in [5.41, 5.74) is 0. The molecule has 1 saturated heterocycles. The number of aliphatic carboxylic acids is 1. The maximum Gasteiger partial charge on any atom is 0.307 e. The van der Waals surface area contributed by atoms with E-state index in [1.807, 2.05) is 0 Å². The molecule has 1 N–H and O–H groups in total. The minimum absolute atomic E-state index is 0.0264. The zero-order valence-corrected chi connectivity index (χ0v) is 10.3. The van der Waals surface area contributed by atoms with Gasteiger partial charge < -0.3 is 5.11 Å². The van der Waals surface area contributed by atoms with Crippen molar-refractivity contribution in [2.24, 2.45) is 11.8 Å². The molecule has 1 aliphatic rings. The Bertz CT molecular complexity index is 317. The Morgan fingerprint density at radius 2 is 2.00 bits per heavy atom. The number of rotatable bonds is 4. The lowest BCUT2D eigenvalue weighted by Gasteiger charge is -2.26. The normalized spacial score (nSPS) is 21.1. The van der Waals surface area contributed by atoms with Crippen LogP contribution in [-0.2, 0) is 14.6 Å². The van der Waals surface area contributed by atoms with E-state index in [-0.39, 0.29) is 11.7 Å². The van der Waals surface area contributed by atoms with Crippen molar-refractivity contribution in [3.63, 3.8) is 0 Å². The zero-order chi connectivity index (χ0) is 11.5. The Hall–Kier alpha value is -0.230. The number of thioether (sulfide) groups is 1. The van der Waals surface area contributed by atoms with Gasteiger partial charge in [-0.1, -0.05) is 0 Å². The summed E-state index contributed by atoms with van der Waals surface area (Å²) in [6.45, 7) is 0. The molecule has 1 unspecified atom stereocenters. The second-order valence-electron chi connectivity index (χ2n) is 3.99. The molecule has 0 aliphatic carbocycles. The van der Waals surface area contributed by atoms with E-state index in [1.54, 1.807) is 11.8 Å². The van der Waals surface area contributed by atoms with Crippen molar-refractivity contribution in [1.82, 2.24) is 0 Å². The number of sulfone groups is 1. The smallest absolute Gasteiger partial charge is 0.307 e. The molecule has 0 radical (unpaired) electrons. The predicted octanol–water partition coefficient (Wildman–Crippen LogP) is 0.875. The van der Waals surface area contributed by atoms with Gasteiger partial charge in [-0.25, -0.2) is 8.42 Å². The maximum atomic E-state index is 11.1. The van der Waals surface area contributed by atoms with Crippen LogP contribution in [0, 0.1) is 11.8 Å². The molecule has 0 spiro atoms. The molecule has 6 heteroatoms. The van der Waals surface area contributed by atoms with E-state index >= 15 is 0 Å². The van der Waals surface area contributed by atoms with Crippen LogP contribution in [0.15, 0.2) is 0 Å². The van der Waals surface area contributed by atoms with Gasteiger partial charge in [0.2, 0.25) is 0 Å². The average Bonchev–Trinajstić information content (AvgIpc) is 2.14. The van der Waals surface area contributed by atoms with Crippen LogP contribution in [0.5, 0.6) is 0 Å². The highest BCUT2D eigenvalue weighted by molar-refractivity contribution is 7.99. The zero-order valence-electron chi connectivity index (χ0n) is 8.68. The van der Waals surface area contributed by atoms with Gasteiger partial charge in [0.25, 0.3) is 0 Å². The fraction of sp³-hybridized carbons (Fsp3) is 0.889. The molecule has 88 valence electrons. The standard InChI is InChI=1S/C9H16O4S2/c1-15(12,13)6-8(9(10)11)7-2-4-14-5-3-7/h7-8H,2-6H2,1H3,(H,10,11). The second-order valence-corrected chi connectivity index (χ2v) is 7.40. The SMILES string of the molecule is CS(=O)(=O)CC(C(=O)O)C1CCSCC1. The molecule has 15 heavy (non-hydrogen) atoms. The third-order valence-electron chi connectivity index (χ3n) is 2.63. The van der Waals surface area contributed by atoms with Crippen LogP contribution >= 0.6 is 11.8 Å². The summed E-state index contributed by atoms with van der Waals surface area (Å²) in [6, 6.07) is 0. The van der Waals surface area contributed by atoms with E-state index in [2.05, 4.69) is 0 Å². The first-order chi connectivity index (χ1) is 6.90. The Morgan fingerprint density at radius 1 is 1.47 bits per heavy atom. The van der Waals surface area contributed by atoms with Crippen LogP contribution in [0.3, 0.4) is 0 Å². The van der Waals surface area contributed by atoms with Crippen molar-refractivity contribution >= 4 is 27.6 Å². The van der Waals surface area contributed by atoms with Crippen LogP contribution in [0.4, 0.5) is 0 Å². The molecule has 1 rings (SSSR count). The summed E-state index contributed by atoms with van der Waals surface area (Å²) in [4.78, 5) is 11.0. The summed E-state index contributed by atoms with van der Waals surface area (Å²) in [7, 11) is -3.21. The Labute approximate surface area is 94.4 Å². The van der Waals surface area contributed by atoms with E-state index in [4.69, 9.17) is 5.11 Å². The Kier molecular flexibility index (Phi) is 4.45. The molecule has 0 bridgehead atoms. The first-order valence-electron chi connectivity index (χ1n) is 4.88. The van der Waals surface area contributed by atoms with Gasteiger partial charge >= 0.3 is 5.97 Å². The number of carboxylic acid groups (broad SMARTS) is 1. The Morgan fingerprint density at radius 3 is 2.40 bits per heavy atom. The van der Waals surface area contributed by atoms with Gasteiger partial charge in [-0.15, -0.1) is 0 Å². The lowest BCUT2D eigenvalue weighted by molar-refractivity contribution is -0.142. The van der Waals surface area contributed by atoms with Gasteiger partial charge in [0, 0.05) is 6.26 Å². The van der Waals surface area contributed by atoms with E-state index in [0.29, 0.717) is 0 Å². The van der Waals surface area contributed by atoms with Gasteiger partial charge in [-0.3, -0.25) is 4.79 Å². The highest BCUT2D eigenvalue weighted by Crippen LogP contribution is 2.29. The van der Waals surface area contributed by atoms with Gasteiger partial charge in [-0.05, 0) is 30.3 Å². The highest BCUT2D eigenvalue weighted by atomic mass is 32.2. The minimum Gasteiger partial charge on any atom is -0.481 e. The largest absolute Gasteiger partial charge is 0.481 e. The van der Waals surface area contributed by atoms with Gasteiger partial charge in [-0.2, -0.15) is 11.8 Å². The lowest BCUT2D eigenvalue weighted by Crippen LogP contribution is -2.32. The third kappa shape index (κ3) is 4.42. The fourth-order valence-corrected chi connectivity index (χ4v) is 4.06. The molecule has 1 fully saturated rings. The molecule has 0 aromatic rings. The summed E-state index contributed by atoms with van der Waals surface area (Å²) < 4.78 is 22.2. The molecule has 0 aromatic heterocycles. The molecule has 1 atom stereocenters. The van der Waals surface area contributed by atoms with Crippen LogP contribution in [0.2, 0.25) is 0 Å². The number of carboxylic acids is 1. The summed E-state index contributed by atoms with van der Waals surface area (Å²) in [5.74, 6) is -0.00892. The molecule has 1 aliphatic heterocycles. The van der Waals surface area contributed by atoms with Crippen LogP contribution in [-0.4, -0.2) is 43.0 Å². The molecule has 4 nitrogen and oxygen atoms in total. The third-order valence-corrected chi connectivity index (χ3v) is 4.65. The van der Waals surface area contributed by atoms with E-state index in [0.717, 1.165) is 30.6 Å². The molecule has 0 amide bonds. The van der Waals surface area contributed by atoms with Gasteiger partial charge in [0.15, 0.2) is 0 Å². The van der Waals surface area contributed by atoms with Crippen LogP contribution in [0.25, 0.3) is 0 Å². The van der Waals surface area contributed by atoms with Crippen molar-refractivity contribution in [3.8, 4) is 0 Å². The van der Waals surface area contributed by atoms with Crippen molar-refractivity contribution in [1.29, 1.82) is 0 Å². The van der Waals surface area contributed by atoms with Gasteiger partial charge in [0.05, 0.1) is 11.7 Å². The van der Waals surface area contributed by atoms with Gasteiger partial charge in [0.1, 0.15) is 9.84 Å². The monoisotopic (exact) mass is 252 g/mol. The molecular formula is C9H16O4S2. The number of hydrogen-bond donors (Lipinski definition) is 1. The van der Waals surface area contributed by atoms with Crippen LogP contribution in [0.1, 0.15) is 12.8 Å². The van der Waals surface area contributed by atoms with Crippen molar-refractivity contribution in [2.75, 3.05) is 23.5 Å². The number of carbonyl (C=O) groups is 1. The first-order valence-corrected chi connectivity index (χ1v) is 8.10. The minimum atomic E-state index is -3.21. The molecule has 1 heterocycles. The summed E-state index contributed by atoms with van der Waals surface area (Å²) >= 11 is 1.80.